The summed E-state index contributed by atoms with van der Waals surface area (Å²) < 4.78 is 11.7. The lowest BCUT2D eigenvalue weighted by atomic mass is 10.1. The summed E-state index contributed by atoms with van der Waals surface area (Å²) in [5.41, 5.74) is 0. The molecule has 1 aliphatic carbocycles. The molecule has 2 unspecified atom stereocenters. The Morgan fingerprint density at radius 1 is 1.26 bits per heavy atom. The molecule has 0 aliphatic heterocycles. The van der Waals surface area contributed by atoms with Crippen LogP contribution in [0.2, 0.25) is 0 Å². The summed E-state index contributed by atoms with van der Waals surface area (Å²) in [6, 6.07) is 0.198. The van der Waals surface area contributed by atoms with Gasteiger partial charge >= 0.3 is 5.97 Å². The first kappa shape index (κ1) is 16.1. The lowest BCUT2D eigenvalue weighted by Crippen LogP contribution is -2.38. The molecular weight excluding hydrogens is 266 g/mol. The topological polar surface area (TPSA) is 83.5 Å². The minimum absolute atomic E-state index is 0.0351. The Bertz CT molecular complexity index is 338. The molecule has 6 heteroatoms. The summed E-state index contributed by atoms with van der Waals surface area (Å²) >= 11 is 0. The number of hydrogen-bond donors (Lipinski definition) is 2. The zero-order chi connectivity index (χ0) is 14.3. The number of carboxylic acids is 1. The van der Waals surface area contributed by atoms with Crippen molar-refractivity contribution >= 4 is 22.7 Å². The molecule has 19 heavy (non-hydrogen) atoms. The first-order valence-corrected chi connectivity index (χ1v) is 8.35. The summed E-state index contributed by atoms with van der Waals surface area (Å²) in [4.78, 5) is 22.4. The van der Waals surface area contributed by atoms with Gasteiger partial charge in [-0.2, -0.15) is 0 Å². The fraction of sp³-hybridized carbons (Fsp3) is 0.846. The normalized spacial score (nSPS) is 20.3. The van der Waals surface area contributed by atoms with E-state index in [1.54, 1.807) is 0 Å². The number of rotatable bonds is 6. The van der Waals surface area contributed by atoms with Gasteiger partial charge in [-0.25, -0.2) is 0 Å². The summed E-state index contributed by atoms with van der Waals surface area (Å²) in [7, 11) is -1.40. The van der Waals surface area contributed by atoms with Crippen molar-refractivity contribution in [2.45, 2.75) is 51.5 Å². The van der Waals surface area contributed by atoms with Crippen molar-refractivity contribution in [2.24, 2.45) is 5.92 Å². The molecular formula is C13H23NO4S. The van der Waals surface area contributed by atoms with Crippen LogP contribution in [0, 0.1) is 5.92 Å². The van der Waals surface area contributed by atoms with Crippen LogP contribution in [-0.2, 0) is 20.4 Å². The van der Waals surface area contributed by atoms with Crippen molar-refractivity contribution in [3.8, 4) is 0 Å². The van der Waals surface area contributed by atoms with Gasteiger partial charge in [0.05, 0.1) is 5.92 Å². The largest absolute Gasteiger partial charge is 0.481 e. The van der Waals surface area contributed by atoms with E-state index in [1.165, 1.54) is 19.8 Å². The predicted molar refractivity (Wildman–Crippen MR) is 74.3 cm³/mol. The smallest absolute Gasteiger partial charge is 0.307 e. The second kappa shape index (κ2) is 8.30. The van der Waals surface area contributed by atoms with E-state index in [0.29, 0.717) is 0 Å². The molecule has 1 rings (SSSR count). The van der Waals surface area contributed by atoms with Gasteiger partial charge < -0.3 is 10.4 Å². The molecule has 0 bridgehead atoms. The fourth-order valence-electron chi connectivity index (χ4n) is 2.25. The molecule has 1 saturated carbocycles. The molecule has 0 radical (unpaired) electrons. The van der Waals surface area contributed by atoms with E-state index in [4.69, 9.17) is 5.11 Å². The number of carbonyl (C=O) groups is 2. The summed E-state index contributed by atoms with van der Waals surface area (Å²) in [5.74, 6) is -1.92. The average molecular weight is 289 g/mol. The van der Waals surface area contributed by atoms with Crippen molar-refractivity contribution in [3.63, 3.8) is 0 Å². The van der Waals surface area contributed by atoms with Crippen molar-refractivity contribution in [3.05, 3.63) is 0 Å². The Kier molecular flexibility index (Phi) is 7.05. The maximum atomic E-state index is 11.7. The predicted octanol–water partition coefficient (Wildman–Crippen LogP) is 1.29. The maximum Gasteiger partial charge on any atom is 0.307 e. The third-order valence-corrected chi connectivity index (χ3v) is 4.83. The van der Waals surface area contributed by atoms with Crippen LogP contribution in [0.25, 0.3) is 0 Å². The number of amides is 1. The highest BCUT2D eigenvalue weighted by atomic mass is 32.2. The molecule has 0 aromatic rings. The molecule has 110 valence electrons. The Hall–Kier alpha value is -0.910. The van der Waals surface area contributed by atoms with Crippen LogP contribution in [-0.4, -0.2) is 38.7 Å². The number of nitrogens with one attached hydrogen (secondary N) is 1. The lowest BCUT2D eigenvalue weighted by Gasteiger charge is -2.16. The van der Waals surface area contributed by atoms with Crippen molar-refractivity contribution < 1.29 is 18.9 Å². The molecule has 0 heterocycles. The van der Waals surface area contributed by atoms with E-state index in [1.807, 2.05) is 0 Å². The third-order valence-electron chi connectivity index (χ3n) is 3.37. The van der Waals surface area contributed by atoms with E-state index >= 15 is 0 Å². The molecule has 5 nitrogen and oxygen atoms in total. The Morgan fingerprint density at radius 3 is 2.37 bits per heavy atom. The first-order valence-electron chi connectivity index (χ1n) is 6.86. The Morgan fingerprint density at radius 2 is 1.84 bits per heavy atom. The molecule has 0 spiro atoms. The SMILES string of the molecule is CC(CS(=O)CC(=O)NC1CCCCCC1)C(=O)O. The van der Waals surface area contributed by atoms with Crippen LogP contribution in [0.15, 0.2) is 0 Å². The second-order valence-electron chi connectivity index (χ2n) is 5.25. The van der Waals surface area contributed by atoms with Gasteiger partial charge in [0, 0.05) is 22.6 Å². The minimum atomic E-state index is -1.40. The molecule has 0 aromatic heterocycles. The molecule has 1 amide bonds. The van der Waals surface area contributed by atoms with E-state index in [0.717, 1.165) is 25.7 Å². The van der Waals surface area contributed by atoms with Crippen LogP contribution in [0.3, 0.4) is 0 Å². The van der Waals surface area contributed by atoms with Crippen molar-refractivity contribution in [1.82, 2.24) is 5.32 Å². The van der Waals surface area contributed by atoms with E-state index in [-0.39, 0.29) is 23.5 Å². The molecule has 1 aliphatic rings. The molecule has 0 saturated heterocycles. The number of aliphatic carboxylic acids is 1. The summed E-state index contributed by atoms with van der Waals surface area (Å²) in [5, 5.41) is 11.6. The molecule has 2 N–H and O–H groups in total. The van der Waals surface area contributed by atoms with Crippen LogP contribution in [0.5, 0.6) is 0 Å². The fourth-order valence-corrected chi connectivity index (χ4v) is 3.44. The zero-order valence-corrected chi connectivity index (χ0v) is 12.2. The van der Waals surface area contributed by atoms with Crippen LogP contribution < -0.4 is 5.32 Å². The van der Waals surface area contributed by atoms with E-state index in [9.17, 15) is 13.8 Å². The van der Waals surface area contributed by atoms with Crippen molar-refractivity contribution in [2.75, 3.05) is 11.5 Å². The van der Waals surface area contributed by atoms with E-state index in [2.05, 4.69) is 5.32 Å². The highest BCUT2D eigenvalue weighted by molar-refractivity contribution is 7.85. The van der Waals surface area contributed by atoms with Crippen molar-refractivity contribution in [1.29, 1.82) is 0 Å². The lowest BCUT2D eigenvalue weighted by molar-refractivity contribution is -0.140. The number of carboxylic acid groups (broad SMARTS) is 1. The minimum Gasteiger partial charge on any atom is -0.481 e. The van der Waals surface area contributed by atoms with Gasteiger partial charge in [-0.05, 0) is 12.8 Å². The molecule has 1 fully saturated rings. The number of hydrogen-bond acceptors (Lipinski definition) is 3. The van der Waals surface area contributed by atoms with Gasteiger partial charge in [0.1, 0.15) is 5.75 Å². The summed E-state index contributed by atoms with van der Waals surface area (Å²) in [6.45, 7) is 1.50. The first-order chi connectivity index (χ1) is 8.99. The van der Waals surface area contributed by atoms with Gasteiger partial charge in [0.15, 0.2) is 0 Å². The molecule has 2 atom stereocenters. The Balaban J connectivity index is 2.29. The van der Waals surface area contributed by atoms with Gasteiger partial charge in [-0.1, -0.05) is 32.6 Å². The average Bonchev–Trinajstić information content (AvgIpc) is 2.56. The van der Waals surface area contributed by atoms with Gasteiger partial charge in [0.25, 0.3) is 0 Å². The highest BCUT2D eigenvalue weighted by Crippen LogP contribution is 2.17. The van der Waals surface area contributed by atoms with Crippen LogP contribution in [0.1, 0.15) is 45.4 Å². The third kappa shape index (κ3) is 6.71. The maximum absolute atomic E-state index is 11.7. The standard InChI is InChI=1S/C13H23NO4S/c1-10(13(16)17)8-19(18)9-12(15)14-11-6-4-2-3-5-7-11/h10-11H,2-9H2,1H3,(H,14,15)(H,16,17). The monoisotopic (exact) mass is 289 g/mol. The molecule has 0 aromatic carbocycles. The highest BCUT2D eigenvalue weighted by Gasteiger charge is 2.19. The Labute approximate surface area is 116 Å². The van der Waals surface area contributed by atoms with E-state index < -0.39 is 22.7 Å². The van der Waals surface area contributed by atoms with Crippen LogP contribution in [0.4, 0.5) is 0 Å². The second-order valence-corrected chi connectivity index (χ2v) is 6.75. The van der Waals surface area contributed by atoms with Crippen LogP contribution >= 0.6 is 0 Å². The quantitative estimate of drug-likeness (QED) is 0.722. The summed E-state index contributed by atoms with van der Waals surface area (Å²) in [6.07, 6.45) is 6.67. The van der Waals surface area contributed by atoms with Gasteiger partial charge in [-0.15, -0.1) is 0 Å². The zero-order valence-electron chi connectivity index (χ0n) is 11.4. The van der Waals surface area contributed by atoms with Gasteiger partial charge in [-0.3, -0.25) is 13.8 Å². The van der Waals surface area contributed by atoms with Gasteiger partial charge in [0.2, 0.25) is 5.91 Å². The number of carbonyl (C=O) groups excluding carboxylic acids is 1.